The van der Waals surface area contributed by atoms with Gasteiger partial charge in [-0.15, -0.1) is 0 Å². The summed E-state index contributed by atoms with van der Waals surface area (Å²) in [6.07, 6.45) is 2.36. The Balaban J connectivity index is 1.69. The van der Waals surface area contributed by atoms with Crippen LogP contribution in [0.2, 0.25) is 0 Å². The van der Waals surface area contributed by atoms with Gasteiger partial charge in [-0.25, -0.2) is 4.79 Å². The van der Waals surface area contributed by atoms with Crippen molar-refractivity contribution in [2.24, 2.45) is 14.1 Å². The van der Waals surface area contributed by atoms with Gasteiger partial charge in [0, 0.05) is 44.5 Å². The van der Waals surface area contributed by atoms with E-state index in [0.29, 0.717) is 30.2 Å². The van der Waals surface area contributed by atoms with E-state index in [0.717, 1.165) is 21.4 Å². The lowest BCUT2D eigenvalue weighted by molar-refractivity contribution is -0.384. The predicted molar refractivity (Wildman–Crippen MR) is 137 cm³/mol. The molecule has 37 heavy (non-hydrogen) atoms. The maximum atomic E-state index is 13.0. The van der Waals surface area contributed by atoms with E-state index >= 15 is 0 Å². The number of methoxy groups -OCH3 is 2. The zero-order chi connectivity index (χ0) is 26.4. The number of hydrogen-bond donors (Lipinski definition) is 0. The van der Waals surface area contributed by atoms with Crippen LogP contribution in [-0.2, 0) is 27.1 Å². The highest BCUT2D eigenvalue weighted by atomic mass is 16.6. The van der Waals surface area contributed by atoms with E-state index in [4.69, 9.17) is 9.47 Å². The van der Waals surface area contributed by atoms with Crippen LogP contribution in [0, 0.1) is 10.1 Å². The van der Waals surface area contributed by atoms with Crippen molar-refractivity contribution in [1.82, 2.24) is 23.1 Å². The maximum absolute atomic E-state index is 13.0. The Morgan fingerprint density at radius 3 is 2.32 bits per heavy atom. The molecule has 190 valence electrons. The second-order valence-electron chi connectivity index (χ2n) is 8.57. The summed E-state index contributed by atoms with van der Waals surface area (Å²) < 4.78 is 16.7. The first-order chi connectivity index (χ1) is 17.7. The number of benzene rings is 2. The zero-order valence-corrected chi connectivity index (χ0v) is 20.7. The topological polar surface area (TPSA) is 128 Å². The standard InChI is InChI=1S/C25H24N6O6/c1-27-22-21(23(32)28(2)25(27)33)30-14-18(16-6-8-17(9-7-16)31(34)35)29(24(30)26-22)12-11-15-5-10-19(36-3)20(13-15)37-4/h5-10,13-14H,11-12H2,1-4H3. The van der Waals surface area contributed by atoms with Gasteiger partial charge in [-0.3, -0.25) is 28.4 Å². The average Bonchev–Trinajstić information content (AvgIpc) is 3.45. The van der Waals surface area contributed by atoms with Gasteiger partial charge < -0.3 is 14.0 Å². The van der Waals surface area contributed by atoms with Gasteiger partial charge in [0.1, 0.15) is 0 Å². The minimum Gasteiger partial charge on any atom is -0.493 e. The fourth-order valence-corrected chi connectivity index (χ4v) is 4.50. The number of imidazole rings is 2. The number of nitro groups is 1. The molecular formula is C25H24N6O6. The van der Waals surface area contributed by atoms with Gasteiger partial charge in [-0.2, -0.15) is 4.98 Å². The molecule has 0 N–H and O–H groups in total. The van der Waals surface area contributed by atoms with Crippen LogP contribution in [0.1, 0.15) is 5.56 Å². The zero-order valence-electron chi connectivity index (χ0n) is 20.7. The third-order valence-corrected chi connectivity index (χ3v) is 6.50. The van der Waals surface area contributed by atoms with Gasteiger partial charge in [0.05, 0.1) is 24.8 Å². The summed E-state index contributed by atoms with van der Waals surface area (Å²) in [5.74, 6) is 1.71. The number of aryl methyl sites for hydroxylation is 3. The molecule has 5 rings (SSSR count). The third kappa shape index (κ3) is 3.82. The van der Waals surface area contributed by atoms with Crippen molar-refractivity contribution < 1.29 is 14.4 Å². The average molecular weight is 505 g/mol. The highest BCUT2D eigenvalue weighted by Gasteiger charge is 2.21. The Morgan fingerprint density at radius 2 is 1.68 bits per heavy atom. The Hall–Kier alpha value is -4.87. The highest BCUT2D eigenvalue weighted by molar-refractivity contribution is 5.78. The SMILES string of the molecule is COc1ccc(CCn2c(-c3ccc([N+](=O)[O-])cc3)cn3c4c(=O)n(C)c(=O)n(C)c4nc23)cc1OC. The van der Waals surface area contributed by atoms with Crippen molar-refractivity contribution in [3.8, 4) is 22.8 Å². The smallest absolute Gasteiger partial charge is 0.332 e. The Bertz CT molecular complexity index is 1790. The van der Waals surface area contributed by atoms with Crippen LogP contribution < -0.4 is 20.7 Å². The van der Waals surface area contributed by atoms with E-state index in [9.17, 15) is 19.7 Å². The molecule has 0 aliphatic carbocycles. The van der Waals surface area contributed by atoms with E-state index in [-0.39, 0.29) is 16.9 Å². The number of hydrogen-bond acceptors (Lipinski definition) is 7. The van der Waals surface area contributed by atoms with Gasteiger partial charge in [0.15, 0.2) is 22.7 Å². The molecule has 0 fully saturated rings. The van der Waals surface area contributed by atoms with E-state index in [1.165, 1.54) is 23.7 Å². The molecule has 0 saturated heterocycles. The number of nitro benzene ring substituents is 1. The molecule has 12 heteroatoms. The molecule has 12 nitrogen and oxygen atoms in total. The largest absolute Gasteiger partial charge is 0.493 e. The van der Waals surface area contributed by atoms with Gasteiger partial charge >= 0.3 is 5.69 Å². The Morgan fingerprint density at radius 1 is 0.973 bits per heavy atom. The monoisotopic (exact) mass is 504 g/mol. The molecule has 0 atom stereocenters. The number of fused-ring (bicyclic) bond motifs is 3. The van der Waals surface area contributed by atoms with Crippen molar-refractivity contribution in [2.45, 2.75) is 13.0 Å². The van der Waals surface area contributed by atoms with Crippen LogP contribution >= 0.6 is 0 Å². The second-order valence-corrected chi connectivity index (χ2v) is 8.57. The van der Waals surface area contributed by atoms with E-state index in [2.05, 4.69) is 4.98 Å². The number of aromatic nitrogens is 5. The van der Waals surface area contributed by atoms with Crippen molar-refractivity contribution in [3.05, 3.63) is 85.2 Å². The minimum absolute atomic E-state index is 0.0220. The quantitative estimate of drug-likeness (QED) is 0.246. The molecule has 0 aliphatic heterocycles. The van der Waals surface area contributed by atoms with Crippen LogP contribution in [0.25, 0.3) is 28.2 Å². The molecule has 0 aliphatic rings. The number of ether oxygens (including phenoxy) is 2. The van der Waals surface area contributed by atoms with E-state index in [1.807, 2.05) is 22.8 Å². The first-order valence-corrected chi connectivity index (χ1v) is 11.4. The molecule has 3 aromatic heterocycles. The fraction of sp³-hybridized carbons (Fsp3) is 0.240. The first-order valence-electron chi connectivity index (χ1n) is 11.4. The van der Waals surface area contributed by atoms with Crippen LogP contribution in [0.5, 0.6) is 11.5 Å². The summed E-state index contributed by atoms with van der Waals surface area (Å²) in [5.41, 5.74) is 2.02. The minimum atomic E-state index is -0.467. The number of rotatable bonds is 7. The summed E-state index contributed by atoms with van der Waals surface area (Å²) in [7, 11) is 6.15. The lowest BCUT2D eigenvalue weighted by atomic mass is 10.1. The van der Waals surface area contributed by atoms with Crippen LogP contribution in [-0.4, -0.2) is 42.2 Å². The molecule has 0 spiro atoms. The summed E-state index contributed by atoms with van der Waals surface area (Å²) in [4.78, 5) is 40.9. The summed E-state index contributed by atoms with van der Waals surface area (Å²) in [5, 5.41) is 11.2. The van der Waals surface area contributed by atoms with E-state index < -0.39 is 16.2 Å². The molecule has 0 bridgehead atoms. The molecule has 3 heterocycles. The van der Waals surface area contributed by atoms with Gasteiger partial charge in [0.2, 0.25) is 5.78 Å². The van der Waals surface area contributed by atoms with Crippen molar-refractivity contribution in [1.29, 1.82) is 0 Å². The molecule has 0 amide bonds. The van der Waals surface area contributed by atoms with Crippen LogP contribution in [0.15, 0.2) is 58.3 Å². The van der Waals surface area contributed by atoms with Gasteiger partial charge in [0.25, 0.3) is 11.2 Å². The lowest BCUT2D eigenvalue weighted by Crippen LogP contribution is -2.37. The molecule has 0 radical (unpaired) electrons. The summed E-state index contributed by atoms with van der Waals surface area (Å²) in [6.45, 7) is 0.468. The highest BCUT2D eigenvalue weighted by Crippen LogP contribution is 2.30. The van der Waals surface area contributed by atoms with Gasteiger partial charge in [-0.1, -0.05) is 6.07 Å². The molecular weight excluding hydrogens is 480 g/mol. The fourth-order valence-electron chi connectivity index (χ4n) is 4.50. The molecule has 5 aromatic rings. The Kier molecular flexibility index (Phi) is 5.78. The first kappa shape index (κ1) is 23.9. The predicted octanol–water partition coefficient (Wildman–Crippen LogP) is 2.52. The van der Waals surface area contributed by atoms with Crippen LogP contribution in [0.4, 0.5) is 5.69 Å². The van der Waals surface area contributed by atoms with Crippen molar-refractivity contribution >= 4 is 22.6 Å². The summed E-state index contributed by atoms with van der Waals surface area (Å²) in [6, 6.07) is 11.9. The van der Waals surface area contributed by atoms with Gasteiger partial charge in [-0.05, 0) is 36.2 Å². The van der Waals surface area contributed by atoms with Crippen molar-refractivity contribution in [2.75, 3.05) is 14.2 Å². The number of nitrogens with zero attached hydrogens (tertiary/aromatic N) is 6. The van der Waals surface area contributed by atoms with Crippen LogP contribution in [0.3, 0.4) is 0 Å². The second kappa shape index (κ2) is 8.97. The van der Waals surface area contributed by atoms with Crippen molar-refractivity contribution in [3.63, 3.8) is 0 Å². The normalized spacial score (nSPS) is 11.4. The molecule has 2 aromatic carbocycles. The van der Waals surface area contributed by atoms with E-state index in [1.54, 1.807) is 44.0 Å². The lowest BCUT2D eigenvalue weighted by Gasteiger charge is -2.12. The maximum Gasteiger partial charge on any atom is 0.332 e. The molecule has 0 saturated carbocycles. The number of non-ortho nitro benzene ring substituents is 1. The summed E-state index contributed by atoms with van der Waals surface area (Å²) >= 11 is 0. The Labute approximate surface area is 209 Å². The third-order valence-electron chi connectivity index (χ3n) is 6.50. The molecule has 0 unspecified atom stereocenters.